The van der Waals surface area contributed by atoms with Crippen LogP contribution < -0.4 is 15.8 Å². The van der Waals surface area contributed by atoms with E-state index in [4.69, 9.17) is 10.5 Å². The molecule has 0 bridgehead atoms. The van der Waals surface area contributed by atoms with Crippen molar-refractivity contribution in [2.75, 3.05) is 13.2 Å². The molecule has 5 nitrogen and oxygen atoms in total. The van der Waals surface area contributed by atoms with Crippen molar-refractivity contribution in [3.8, 4) is 5.75 Å². The molecule has 0 aromatic heterocycles. The Balaban J connectivity index is 0.00000200. The molecule has 1 atom stereocenters. The minimum Gasteiger partial charge on any atom is -0.491 e. The van der Waals surface area contributed by atoms with Crippen LogP contribution in [-0.2, 0) is 4.79 Å². The Bertz CT molecular complexity index is 463. The number of rotatable bonds is 6. The Morgan fingerprint density at radius 3 is 2.85 bits per heavy atom. The van der Waals surface area contributed by atoms with Gasteiger partial charge in [-0.15, -0.1) is 12.4 Å². The van der Waals surface area contributed by atoms with Crippen molar-refractivity contribution in [2.45, 2.75) is 31.4 Å². The van der Waals surface area contributed by atoms with Gasteiger partial charge in [-0.25, -0.2) is 0 Å². The van der Waals surface area contributed by atoms with Gasteiger partial charge in [0.2, 0.25) is 5.91 Å². The number of aliphatic hydroxyl groups is 1. The highest BCUT2D eigenvalue weighted by Crippen LogP contribution is 2.31. The highest BCUT2D eigenvalue weighted by Gasteiger charge is 2.45. The van der Waals surface area contributed by atoms with E-state index in [-0.39, 0.29) is 31.5 Å². The number of halogens is 1. The number of hydrogen-bond donors (Lipinski definition) is 3. The number of nitrogens with two attached hydrogens (primary N) is 1. The fourth-order valence-corrected chi connectivity index (χ4v) is 1.70. The summed E-state index contributed by atoms with van der Waals surface area (Å²) in [4.78, 5) is 11.6. The first-order valence-electron chi connectivity index (χ1n) is 6.44. The zero-order valence-corrected chi connectivity index (χ0v) is 12.3. The van der Waals surface area contributed by atoms with E-state index < -0.39 is 11.6 Å². The highest BCUT2D eigenvalue weighted by molar-refractivity contribution is 5.88. The Kier molecular flexibility index (Phi) is 5.80. The van der Waals surface area contributed by atoms with Crippen molar-refractivity contribution in [3.63, 3.8) is 0 Å². The van der Waals surface area contributed by atoms with E-state index in [1.807, 2.05) is 31.2 Å². The van der Waals surface area contributed by atoms with Crippen LogP contribution in [0, 0.1) is 6.92 Å². The summed E-state index contributed by atoms with van der Waals surface area (Å²) in [5, 5.41) is 12.4. The quantitative estimate of drug-likeness (QED) is 0.724. The van der Waals surface area contributed by atoms with E-state index in [0.717, 1.165) is 5.56 Å². The van der Waals surface area contributed by atoms with Gasteiger partial charge in [-0.3, -0.25) is 4.79 Å². The fourth-order valence-electron chi connectivity index (χ4n) is 1.70. The van der Waals surface area contributed by atoms with Gasteiger partial charge < -0.3 is 20.9 Å². The second kappa shape index (κ2) is 6.92. The van der Waals surface area contributed by atoms with Crippen molar-refractivity contribution in [2.24, 2.45) is 5.73 Å². The molecule has 1 fully saturated rings. The van der Waals surface area contributed by atoms with Gasteiger partial charge in [0.15, 0.2) is 0 Å². The SMILES string of the molecule is Cc1cccc(OCC(O)CNC(=O)C2(N)CC2)c1.Cl. The summed E-state index contributed by atoms with van der Waals surface area (Å²) in [5.41, 5.74) is 6.13. The summed E-state index contributed by atoms with van der Waals surface area (Å²) in [6.07, 6.45) is 0.690. The maximum atomic E-state index is 11.6. The Labute approximate surface area is 124 Å². The van der Waals surface area contributed by atoms with Gasteiger partial charge in [0, 0.05) is 6.54 Å². The molecule has 1 aromatic rings. The number of hydrogen-bond acceptors (Lipinski definition) is 4. The van der Waals surface area contributed by atoms with Crippen molar-refractivity contribution >= 4 is 18.3 Å². The summed E-state index contributed by atoms with van der Waals surface area (Å²) in [5.74, 6) is 0.518. The van der Waals surface area contributed by atoms with Crippen LogP contribution in [0.25, 0.3) is 0 Å². The second-order valence-corrected chi connectivity index (χ2v) is 5.15. The third kappa shape index (κ3) is 4.67. The van der Waals surface area contributed by atoms with E-state index in [0.29, 0.717) is 18.6 Å². The van der Waals surface area contributed by atoms with Gasteiger partial charge in [0.25, 0.3) is 0 Å². The van der Waals surface area contributed by atoms with Crippen molar-refractivity contribution in [1.29, 1.82) is 0 Å². The third-order valence-corrected chi connectivity index (χ3v) is 3.17. The molecule has 1 aliphatic carbocycles. The lowest BCUT2D eigenvalue weighted by atomic mass is 10.2. The molecule has 1 aromatic carbocycles. The maximum Gasteiger partial charge on any atom is 0.240 e. The normalized spacial score (nSPS) is 16.8. The largest absolute Gasteiger partial charge is 0.491 e. The molecule has 0 spiro atoms. The fraction of sp³-hybridized carbons (Fsp3) is 0.500. The van der Waals surface area contributed by atoms with Gasteiger partial charge in [0.1, 0.15) is 18.5 Å². The molecule has 4 N–H and O–H groups in total. The second-order valence-electron chi connectivity index (χ2n) is 5.15. The molecule has 1 saturated carbocycles. The first-order chi connectivity index (χ1) is 8.99. The Morgan fingerprint density at radius 2 is 2.25 bits per heavy atom. The van der Waals surface area contributed by atoms with Crippen molar-refractivity contribution in [1.82, 2.24) is 5.32 Å². The minimum atomic E-state index is -0.744. The molecule has 1 unspecified atom stereocenters. The van der Waals surface area contributed by atoms with E-state index in [9.17, 15) is 9.90 Å². The summed E-state index contributed by atoms with van der Waals surface area (Å²) in [7, 11) is 0. The number of carbonyl (C=O) groups excluding carboxylic acids is 1. The lowest BCUT2D eigenvalue weighted by Gasteiger charge is -2.15. The van der Waals surface area contributed by atoms with Crippen LogP contribution in [0.1, 0.15) is 18.4 Å². The number of ether oxygens (including phenoxy) is 1. The molecule has 112 valence electrons. The number of nitrogens with one attached hydrogen (secondary N) is 1. The molecule has 2 rings (SSSR count). The average Bonchev–Trinajstić information content (AvgIpc) is 3.13. The first kappa shape index (κ1) is 16.8. The maximum absolute atomic E-state index is 11.6. The van der Waals surface area contributed by atoms with Crippen LogP contribution in [0.2, 0.25) is 0 Å². The standard InChI is InChI=1S/C14H20N2O3.ClH/c1-10-3-2-4-12(7-10)19-9-11(17)8-16-13(18)14(15)5-6-14;/h2-4,7,11,17H,5-6,8-9,15H2,1H3,(H,16,18);1H. The predicted octanol–water partition coefficient (Wildman–Crippen LogP) is 0.764. The molecular weight excluding hydrogens is 280 g/mol. The van der Waals surface area contributed by atoms with E-state index in [1.54, 1.807) is 0 Å². The number of aryl methyl sites for hydroxylation is 1. The van der Waals surface area contributed by atoms with Crippen LogP contribution in [0.15, 0.2) is 24.3 Å². The molecule has 0 radical (unpaired) electrons. The van der Waals surface area contributed by atoms with E-state index >= 15 is 0 Å². The van der Waals surface area contributed by atoms with Crippen LogP contribution in [0.3, 0.4) is 0 Å². The summed E-state index contributed by atoms with van der Waals surface area (Å²) >= 11 is 0. The van der Waals surface area contributed by atoms with Crippen LogP contribution >= 0.6 is 12.4 Å². The van der Waals surface area contributed by atoms with Crippen molar-refractivity contribution < 1.29 is 14.6 Å². The highest BCUT2D eigenvalue weighted by atomic mass is 35.5. The lowest BCUT2D eigenvalue weighted by Crippen LogP contribution is -2.46. The third-order valence-electron chi connectivity index (χ3n) is 3.17. The summed E-state index contributed by atoms with van der Waals surface area (Å²) in [6, 6.07) is 7.59. The zero-order chi connectivity index (χ0) is 13.9. The summed E-state index contributed by atoms with van der Waals surface area (Å²) < 4.78 is 5.45. The lowest BCUT2D eigenvalue weighted by molar-refractivity contribution is -0.123. The number of amides is 1. The van der Waals surface area contributed by atoms with Gasteiger partial charge >= 0.3 is 0 Å². The molecule has 20 heavy (non-hydrogen) atoms. The number of benzene rings is 1. The minimum absolute atomic E-state index is 0. The Morgan fingerprint density at radius 1 is 1.55 bits per heavy atom. The number of carbonyl (C=O) groups is 1. The number of aliphatic hydroxyl groups excluding tert-OH is 1. The van der Waals surface area contributed by atoms with Gasteiger partial charge in [-0.2, -0.15) is 0 Å². The van der Waals surface area contributed by atoms with Crippen LogP contribution in [0.5, 0.6) is 5.75 Å². The topological polar surface area (TPSA) is 84.6 Å². The average molecular weight is 301 g/mol. The molecule has 1 amide bonds. The predicted molar refractivity (Wildman–Crippen MR) is 79.1 cm³/mol. The van der Waals surface area contributed by atoms with Gasteiger partial charge in [-0.1, -0.05) is 12.1 Å². The van der Waals surface area contributed by atoms with Crippen LogP contribution in [-0.4, -0.2) is 35.8 Å². The Hall–Kier alpha value is -1.30. The van der Waals surface area contributed by atoms with Gasteiger partial charge in [0.05, 0.1) is 5.54 Å². The molecular formula is C14H21ClN2O3. The molecule has 0 saturated heterocycles. The molecule has 6 heteroatoms. The molecule has 0 aliphatic heterocycles. The molecule has 0 heterocycles. The monoisotopic (exact) mass is 300 g/mol. The molecule has 1 aliphatic rings. The first-order valence-corrected chi connectivity index (χ1v) is 6.44. The summed E-state index contributed by atoms with van der Waals surface area (Å²) in [6.45, 7) is 2.27. The van der Waals surface area contributed by atoms with Crippen LogP contribution in [0.4, 0.5) is 0 Å². The zero-order valence-electron chi connectivity index (χ0n) is 11.5. The smallest absolute Gasteiger partial charge is 0.240 e. The van der Waals surface area contributed by atoms with E-state index in [1.165, 1.54) is 0 Å². The van der Waals surface area contributed by atoms with Crippen molar-refractivity contribution in [3.05, 3.63) is 29.8 Å². The van der Waals surface area contributed by atoms with E-state index in [2.05, 4.69) is 5.32 Å². The van der Waals surface area contributed by atoms with Gasteiger partial charge in [-0.05, 0) is 37.5 Å².